The van der Waals surface area contributed by atoms with Gasteiger partial charge in [0.15, 0.2) is 5.78 Å². The Hall–Kier alpha value is -3.50. The Morgan fingerprint density at radius 2 is 1.94 bits per heavy atom. The first kappa shape index (κ1) is 24.1. The maximum Gasteiger partial charge on any atom is 0.410 e. The minimum absolute atomic E-state index is 0.0475. The molecule has 3 atom stereocenters. The molecule has 0 saturated carbocycles. The summed E-state index contributed by atoms with van der Waals surface area (Å²) in [5.41, 5.74) is 0.732. The van der Waals surface area contributed by atoms with E-state index < -0.39 is 36.0 Å². The minimum atomic E-state index is -0.902. The molecule has 0 unspecified atom stereocenters. The monoisotopic (exact) mass is 459 g/mol. The Balaban J connectivity index is 1.41. The fourth-order valence-corrected chi connectivity index (χ4v) is 3.87. The maximum absolute atomic E-state index is 12.5. The number of ether oxygens (including phenoxy) is 1. The standard InChI is InChI=1S/C22H29N5O6/c1-14(20(30)24-12-19(29)26-9-4-6-17(26)15(2)28)25-21(31)18-7-10-27(18)22(32)33-13-16-5-3-8-23-11-16/h3,5,8,11,14,17-18H,4,6-7,9-10,12-13H2,1-2H3,(H,24,30)(H,25,31)/t14-,17-,18-/m0/s1. The fourth-order valence-electron chi connectivity index (χ4n) is 3.87. The normalized spacial score (nSPS) is 20.4. The Kier molecular flexibility index (Phi) is 7.96. The summed E-state index contributed by atoms with van der Waals surface area (Å²) < 4.78 is 5.23. The molecule has 3 heterocycles. The number of hydrogen-bond acceptors (Lipinski definition) is 7. The molecule has 3 rings (SSSR count). The molecule has 1 aromatic rings. The van der Waals surface area contributed by atoms with Crippen LogP contribution in [0.25, 0.3) is 0 Å². The Bertz CT molecular complexity index is 908. The highest BCUT2D eigenvalue weighted by Crippen LogP contribution is 2.20. The number of hydrogen-bond donors (Lipinski definition) is 2. The van der Waals surface area contributed by atoms with Gasteiger partial charge in [0.25, 0.3) is 0 Å². The lowest BCUT2D eigenvalue weighted by Gasteiger charge is -2.39. The van der Waals surface area contributed by atoms with Gasteiger partial charge in [0.1, 0.15) is 18.7 Å². The number of nitrogens with one attached hydrogen (secondary N) is 2. The number of carbonyl (C=O) groups is 5. The van der Waals surface area contributed by atoms with Gasteiger partial charge in [0, 0.05) is 31.0 Å². The highest BCUT2D eigenvalue weighted by molar-refractivity contribution is 5.94. The number of likely N-dealkylation sites (tertiary alicyclic amines) is 2. The van der Waals surface area contributed by atoms with Gasteiger partial charge in [0.2, 0.25) is 17.7 Å². The lowest BCUT2D eigenvalue weighted by atomic mass is 10.0. The molecular weight excluding hydrogens is 430 g/mol. The minimum Gasteiger partial charge on any atom is -0.444 e. The van der Waals surface area contributed by atoms with Gasteiger partial charge in [-0.1, -0.05) is 6.07 Å². The third kappa shape index (κ3) is 6.05. The van der Waals surface area contributed by atoms with Crippen molar-refractivity contribution in [3.8, 4) is 0 Å². The molecule has 2 saturated heterocycles. The number of rotatable bonds is 8. The van der Waals surface area contributed by atoms with Crippen molar-refractivity contribution in [3.63, 3.8) is 0 Å². The van der Waals surface area contributed by atoms with E-state index in [1.807, 2.05) is 0 Å². The van der Waals surface area contributed by atoms with Crippen molar-refractivity contribution < 1.29 is 28.7 Å². The van der Waals surface area contributed by atoms with Crippen molar-refractivity contribution in [1.29, 1.82) is 0 Å². The lowest BCUT2D eigenvalue weighted by molar-refractivity contribution is -0.138. The van der Waals surface area contributed by atoms with Gasteiger partial charge in [-0.25, -0.2) is 4.79 Å². The number of pyridine rings is 1. The number of amides is 4. The molecule has 33 heavy (non-hydrogen) atoms. The highest BCUT2D eigenvalue weighted by atomic mass is 16.6. The van der Waals surface area contributed by atoms with Gasteiger partial charge in [-0.3, -0.25) is 29.1 Å². The van der Waals surface area contributed by atoms with Crippen LogP contribution >= 0.6 is 0 Å². The molecule has 2 fully saturated rings. The van der Waals surface area contributed by atoms with E-state index >= 15 is 0 Å². The summed E-state index contributed by atoms with van der Waals surface area (Å²) in [6.45, 7) is 3.61. The molecule has 11 heteroatoms. The van der Waals surface area contributed by atoms with Crippen molar-refractivity contribution in [2.75, 3.05) is 19.6 Å². The Morgan fingerprint density at radius 1 is 1.15 bits per heavy atom. The summed E-state index contributed by atoms with van der Waals surface area (Å²) in [5, 5.41) is 5.08. The SMILES string of the molecule is CC(=O)[C@@H]1CCCN1C(=O)CNC(=O)[C@H](C)NC(=O)[C@@H]1CCN1C(=O)OCc1cccnc1. The van der Waals surface area contributed by atoms with Crippen molar-refractivity contribution in [1.82, 2.24) is 25.4 Å². The maximum atomic E-state index is 12.5. The summed E-state index contributed by atoms with van der Waals surface area (Å²) in [5.74, 6) is -1.40. The topological polar surface area (TPSA) is 138 Å². The first-order valence-electron chi connectivity index (χ1n) is 11.0. The predicted molar refractivity (Wildman–Crippen MR) is 116 cm³/mol. The van der Waals surface area contributed by atoms with Gasteiger partial charge in [0.05, 0.1) is 12.6 Å². The molecule has 2 aliphatic heterocycles. The van der Waals surface area contributed by atoms with E-state index in [9.17, 15) is 24.0 Å². The molecule has 0 aromatic carbocycles. The molecule has 0 radical (unpaired) electrons. The summed E-state index contributed by atoms with van der Waals surface area (Å²) in [7, 11) is 0. The van der Waals surface area contributed by atoms with Crippen LogP contribution < -0.4 is 10.6 Å². The van der Waals surface area contributed by atoms with Gasteiger partial charge in [-0.05, 0) is 39.2 Å². The first-order chi connectivity index (χ1) is 15.8. The molecule has 2 N–H and O–H groups in total. The summed E-state index contributed by atoms with van der Waals surface area (Å²) in [6.07, 6.45) is 4.43. The van der Waals surface area contributed by atoms with Crippen LogP contribution in [-0.2, 0) is 30.5 Å². The molecule has 1 aromatic heterocycles. The molecule has 11 nitrogen and oxygen atoms in total. The summed E-state index contributed by atoms with van der Waals surface area (Å²) >= 11 is 0. The number of aromatic nitrogens is 1. The molecule has 178 valence electrons. The van der Waals surface area contributed by atoms with Crippen molar-refractivity contribution in [3.05, 3.63) is 30.1 Å². The zero-order chi connectivity index (χ0) is 24.0. The molecule has 4 amide bonds. The van der Waals surface area contributed by atoms with Crippen molar-refractivity contribution in [2.24, 2.45) is 0 Å². The van der Waals surface area contributed by atoms with E-state index in [4.69, 9.17) is 4.74 Å². The molecule has 0 aliphatic carbocycles. The van der Waals surface area contributed by atoms with Crippen LogP contribution in [0.3, 0.4) is 0 Å². The van der Waals surface area contributed by atoms with E-state index in [-0.39, 0.29) is 24.8 Å². The van der Waals surface area contributed by atoms with Gasteiger partial charge in [-0.15, -0.1) is 0 Å². The summed E-state index contributed by atoms with van der Waals surface area (Å²) in [4.78, 5) is 67.9. The number of carbonyl (C=O) groups excluding carboxylic acids is 5. The van der Waals surface area contributed by atoms with E-state index in [0.717, 1.165) is 12.0 Å². The third-order valence-electron chi connectivity index (χ3n) is 5.85. The van der Waals surface area contributed by atoms with Crippen LogP contribution in [0.5, 0.6) is 0 Å². The second-order valence-electron chi connectivity index (χ2n) is 8.22. The number of ketones is 1. The highest BCUT2D eigenvalue weighted by Gasteiger charge is 2.39. The van der Waals surface area contributed by atoms with Crippen LogP contribution in [0.2, 0.25) is 0 Å². The van der Waals surface area contributed by atoms with E-state index in [2.05, 4.69) is 15.6 Å². The molecule has 2 aliphatic rings. The van der Waals surface area contributed by atoms with Gasteiger partial charge in [-0.2, -0.15) is 0 Å². The smallest absolute Gasteiger partial charge is 0.410 e. The second-order valence-corrected chi connectivity index (χ2v) is 8.22. The van der Waals surface area contributed by atoms with Crippen LogP contribution in [0.4, 0.5) is 4.79 Å². The fraction of sp³-hybridized carbons (Fsp3) is 0.545. The zero-order valence-electron chi connectivity index (χ0n) is 18.8. The number of nitrogens with zero attached hydrogens (tertiary/aromatic N) is 3. The van der Waals surface area contributed by atoms with Crippen LogP contribution in [0, 0.1) is 0 Å². The Labute approximate surface area is 191 Å². The quantitative estimate of drug-likeness (QED) is 0.558. The van der Waals surface area contributed by atoms with Crippen molar-refractivity contribution in [2.45, 2.75) is 57.8 Å². The van der Waals surface area contributed by atoms with E-state index in [1.54, 1.807) is 24.5 Å². The first-order valence-corrected chi connectivity index (χ1v) is 11.0. The van der Waals surface area contributed by atoms with Crippen molar-refractivity contribution >= 4 is 29.6 Å². The molecule has 0 spiro atoms. The lowest BCUT2D eigenvalue weighted by Crippen LogP contribution is -2.60. The average molecular weight is 460 g/mol. The third-order valence-corrected chi connectivity index (χ3v) is 5.85. The second kappa shape index (κ2) is 10.9. The summed E-state index contributed by atoms with van der Waals surface area (Å²) in [6, 6.07) is 1.45. The van der Waals surface area contributed by atoms with E-state index in [0.29, 0.717) is 25.9 Å². The molecule has 0 bridgehead atoms. The van der Waals surface area contributed by atoms with Crippen LogP contribution in [0.15, 0.2) is 24.5 Å². The van der Waals surface area contributed by atoms with Gasteiger partial charge >= 0.3 is 6.09 Å². The zero-order valence-corrected chi connectivity index (χ0v) is 18.8. The average Bonchev–Trinajstić information content (AvgIpc) is 3.26. The van der Waals surface area contributed by atoms with Crippen LogP contribution in [-0.4, -0.2) is 82.1 Å². The Morgan fingerprint density at radius 3 is 2.58 bits per heavy atom. The largest absolute Gasteiger partial charge is 0.444 e. The van der Waals surface area contributed by atoms with E-state index in [1.165, 1.54) is 23.6 Å². The predicted octanol–water partition coefficient (Wildman–Crippen LogP) is -0.00660. The van der Waals surface area contributed by atoms with Crippen LogP contribution in [0.1, 0.15) is 38.7 Å². The van der Waals surface area contributed by atoms with Gasteiger partial charge < -0.3 is 20.3 Å². The molecular formula is C22H29N5O6. The number of Topliss-reactive ketones (excluding diaryl/α,β-unsaturated/α-hetero) is 1.